The Balaban J connectivity index is 1.44. The summed E-state index contributed by atoms with van der Waals surface area (Å²) in [5, 5.41) is 2.32. The first-order valence-electron chi connectivity index (χ1n) is 9.79. The van der Waals surface area contributed by atoms with Gasteiger partial charge in [0.15, 0.2) is 0 Å². The van der Waals surface area contributed by atoms with Gasteiger partial charge in [-0.15, -0.1) is 0 Å². The first-order chi connectivity index (χ1) is 14.5. The van der Waals surface area contributed by atoms with E-state index >= 15 is 0 Å². The molecule has 30 heavy (non-hydrogen) atoms. The Morgan fingerprint density at radius 1 is 1.10 bits per heavy atom. The Bertz CT molecular complexity index is 1300. The maximum atomic E-state index is 12.3. The second kappa shape index (κ2) is 8.67. The number of carbonyl (C=O) groups is 1. The van der Waals surface area contributed by atoms with Crippen molar-refractivity contribution in [2.45, 2.75) is 32.8 Å². The molecule has 0 N–H and O–H groups in total. The summed E-state index contributed by atoms with van der Waals surface area (Å²) in [5.74, 6) is -0.359. The number of ether oxygens (including phenoxy) is 1. The van der Waals surface area contributed by atoms with E-state index in [4.69, 9.17) is 20.8 Å². The molecule has 2 aromatic carbocycles. The Kier molecular flexibility index (Phi) is 5.81. The molecule has 4 aromatic rings. The number of hydrogen-bond donors (Lipinski definition) is 0. The monoisotopic (exact) mass is 421 g/mol. The lowest BCUT2D eigenvalue weighted by atomic mass is 10.1. The molecule has 0 aliphatic rings. The first kappa shape index (κ1) is 20.1. The number of para-hydroxylation sites is 1. The van der Waals surface area contributed by atoms with Gasteiger partial charge in [-0.1, -0.05) is 42.8 Å². The van der Waals surface area contributed by atoms with E-state index in [1.807, 2.05) is 43.3 Å². The van der Waals surface area contributed by atoms with Gasteiger partial charge in [0, 0.05) is 39.5 Å². The molecular formula is C24H20ClNO4. The highest BCUT2D eigenvalue weighted by Gasteiger charge is 2.12. The van der Waals surface area contributed by atoms with E-state index in [2.05, 4.69) is 4.98 Å². The fourth-order valence-corrected chi connectivity index (χ4v) is 3.68. The van der Waals surface area contributed by atoms with Crippen LogP contribution >= 0.6 is 11.6 Å². The van der Waals surface area contributed by atoms with Crippen LogP contribution in [-0.2, 0) is 29.0 Å². The third-order valence-electron chi connectivity index (χ3n) is 5.01. The molecular weight excluding hydrogens is 402 g/mol. The minimum Gasteiger partial charge on any atom is -0.461 e. The minimum atomic E-state index is -0.488. The van der Waals surface area contributed by atoms with E-state index in [0.717, 1.165) is 28.6 Å². The van der Waals surface area contributed by atoms with Crippen molar-refractivity contribution in [1.82, 2.24) is 4.98 Å². The summed E-state index contributed by atoms with van der Waals surface area (Å²) in [6, 6.07) is 16.6. The zero-order valence-corrected chi connectivity index (χ0v) is 17.2. The molecule has 0 fully saturated rings. The number of pyridine rings is 1. The van der Waals surface area contributed by atoms with Crippen LogP contribution < -0.4 is 5.63 Å². The Labute approximate surface area is 178 Å². The van der Waals surface area contributed by atoms with Crippen LogP contribution in [0.5, 0.6) is 0 Å². The summed E-state index contributed by atoms with van der Waals surface area (Å²) >= 11 is 6.30. The van der Waals surface area contributed by atoms with Crippen molar-refractivity contribution in [2.75, 3.05) is 0 Å². The summed E-state index contributed by atoms with van der Waals surface area (Å²) in [7, 11) is 0. The van der Waals surface area contributed by atoms with Gasteiger partial charge in [-0.3, -0.25) is 9.78 Å². The Morgan fingerprint density at radius 3 is 2.77 bits per heavy atom. The normalized spacial score (nSPS) is 11.1. The van der Waals surface area contributed by atoms with Gasteiger partial charge in [-0.05, 0) is 36.2 Å². The molecule has 6 heteroatoms. The topological polar surface area (TPSA) is 69.4 Å². The van der Waals surface area contributed by atoms with Crippen LogP contribution in [0.15, 0.2) is 63.8 Å². The van der Waals surface area contributed by atoms with E-state index in [1.165, 1.54) is 6.07 Å². The fraction of sp³-hybridized carbons (Fsp3) is 0.208. The van der Waals surface area contributed by atoms with E-state index < -0.39 is 5.63 Å². The van der Waals surface area contributed by atoms with Gasteiger partial charge in [0.2, 0.25) is 0 Å². The van der Waals surface area contributed by atoms with Crippen LogP contribution in [-0.4, -0.2) is 11.0 Å². The molecule has 0 atom stereocenters. The number of fused-ring (bicyclic) bond motifs is 2. The average Bonchev–Trinajstić information content (AvgIpc) is 2.75. The summed E-state index contributed by atoms with van der Waals surface area (Å²) < 4.78 is 10.7. The standard InChI is InChI=1S/C24H20ClNO4/c1-2-15-11-22-19(13-20(15)25)17(12-24(28)30-22)14-29-23(27)10-9-18-8-7-16-5-3-4-6-21(16)26-18/h3-8,11-13H,2,9-10,14H2,1H3. The number of rotatable bonds is 6. The molecule has 0 aliphatic heterocycles. The number of esters is 1. The van der Waals surface area contributed by atoms with Gasteiger partial charge in [0.25, 0.3) is 0 Å². The second-order valence-corrected chi connectivity index (χ2v) is 7.45. The highest BCUT2D eigenvalue weighted by Crippen LogP contribution is 2.26. The highest BCUT2D eigenvalue weighted by molar-refractivity contribution is 6.32. The molecule has 4 rings (SSSR count). The lowest BCUT2D eigenvalue weighted by Crippen LogP contribution is -2.09. The second-order valence-electron chi connectivity index (χ2n) is 7.04. The Morgan fingerprint density at radius 2 is 1.93 bits per heavy atom. The Hall–Kier alpha value is -3.18. The molecule has 0 saturated heterocycles. The molecule has 2 aromatic heterocycles. The number of aromatic nitrogens is 1. The molecule has 0 amide bonds. The highest BCUT2D eigenvalue weighted by atomic mass is 35.5. The number of nitrogens with zero attached hydrogens (tertiary/aromatic N) is 1. The van der Waals surface area contributed by atoms with Crippen molar-refractivity contribution in [1.29, 1.82) is 0 Å². The lowest BCUT2D eigenvalue weighted by molar-refractivity contribution is -0.144. The van der Waals surface area contributed by atoms with Crippen LogP contribution in [0, 0.1) is 0 Å². The summed E-state index contributed by atoms with van der Waals surface area (Å²) in [6.45, 7) is 1.95. The van der Waals surface area contributed by atoms with Gasteiger partial charge in [-0.25, -0.2) is 4.79 Å². The van der Waals surface area contributed by atoms with Crippen LogP contribution in [0.2, 0.25) is 5.02 Å². The number of aryl methyl sites for hydroxylation is 2. The van der Waals surface area contributed by atoms with E-state index in [-0.39, 0.29) is 19.0 Å². The third kappa shape index (κ3) is 4.36. The lowest BCUT2D eigenvalue weighted by Gasteiger charge is -2.09. The number of hydrogen-bond acceptors (Lipinski definition) is 5. The fourth-order valence-electron chi connectivity index (χ4n) is 3.39. The van der Waals surface area contributed by atoms with E-state index in [0.29, 0.717) is 28.0 Å². The van der Waals surface area contributed by atoms with Gasteiger partial charge >= 0.3 is 11.6 Å². The largest absolute Gasteiger partial charge is 0.461 e. The van der Waals surface area contributed by atoms with Crippen LogP contribution in [0.1, 0.15) is 30.2 Å². The molecule has 0 bridgehead atoms. The van der Waals surface area contributed by atoms with Gasteiger partial charge in [0.05, 0.1) is 11.9 Å². The van der Waals surface area contributed by atoms with E-state index in [9.17, 15) is 9.59 Å². The van der Waals surface area contributed by atoms with Crippen molar-refractivity contribution in [3.05, 3.63) is 86.9 Å². The van der Waals surface area contributed by atoms with Gasteiger partial charge in [-0.2, -0.15) is 0 Å². The van der Waals surface area contributed by atoms with Gasteiger partial charge in [0.1, 0.15) is 12.2 Å². The van der Waals surface area contributed by atoms with Crippen molar-refractivity contribution in [2.24, 2.45) is 0 Å². The van der Waals surface area contributed by atoms with E-state index in [1.54, 1.807) is 12.1 Å². The maximum Gasteiger partial charge on any atom is 0.336 e. The predicted molar refractivity (Wildman–Crippen MR) is 117 cm³/mol. The van der Waals surface area contributed by atoms with Crippen molar-refractivity contribution >= 4 is 39.4 Å². The molecule has 0 saturated carbocycles. The molecule has 0 aliphatic carbocycles. The molecule has 5 nitrogen and oxygen atoms in total. The quantitative estimate of drug-likeness (QED) is 0.315. The third-order valence-corrected chi connectivity index (χ3v) is 5.36. The number of carbonyl (C=O) groups excluding carboxylic acids is 1. The van der Waals surface area contributed by atoms with Crippen LogP contribution in [0.3, 0.4) is 0 Å². The number of halogens is 1. The van der Waals surface area contributed by atoms with Crippen molar-refractivity contribution < 1.29 is 13.9 Å². The summed E-state index contributed by atoms with van der Waals surface area (Å²) in [4.78, 5) is 28.7. The zero-order valence-electron chi connectivity index (χ0n) is 16.5. The first-order valence-corrected chi connectivity index (χ1v) is 10.2. The molecule has 0 unspecified atom stereocenters. The predicted octanol–water partition coefficient (Wildman–Crippen LogP) is 5.23. The molecule has 0 radical (unpaired) electrons. The molecule has 2 heterocycles. The summed E-state index contributed by atoms with van der Waals surface area (Å²) in [6.07, 6.45) is 1.40. The molecule has 0 spiro atoms. The maximum absolute atomic E-state index is 12.3. The van der Waals surface area contributed by atoms with Crippen molar-refractivity contribution in [3.8, 4) is 0 Å². The molecule has 152 valence electrons. The smallest absolute Gasteiger partial charge is 0.336 e. The summed E-state index contributed by atoms with van der Waals surface area (Å²) in [5.41, 5.74) is 3.14. The minimum absolute atomic E-state index is 0.0200. The SMILES string of the molecule is CCc1cc2oc(=O)cc(COC(=O)CCc3ccc4ccccc4n3)c2cc1Cl. The van der Waals surface area contributed by atoms with Crippen molar-refractivity contribution in [3.63, 3.8) is 0 Å². The van der Waals surface area contributed by atoms with Crippen LogP contribution in [0.4, 0.5) is 0 Å². The average molecular weight is 422 g/mol. The van der Waals surface area contributed by atoms with Gasteiger partial charge < -0.3 is 9.15 Å². The zero-order chi connectivity index (χ0) is 21.1. The van der Waals surface area contributed by atoms with Crippen LogP contribution in [0.25, 0.3) is 21.9 Å². The number of benzene rings is 2.